The molecule has 2 aromatic rings. The Morgan fingerprint density at radius 3 is 2.81 bits per heavy atom. The molecule has 6 heteroatoms. The highest BCUT2D eigenvalue weighted by Crippen LogP contribution is 2.47. The second-order valence-corrected chi connectivity index (χ2v) is 7.07. The summed E-state index contributed by atoms with van der Waals surface area (Å²) in [6.45, 7) is 4.86. The molecule has 0 aliphatic carbocycles. The number of furan rings is 1. The van der Waals surface area contributed by atoms with E-state index in [0.717, 1.165) is 30.0 Å². The van der Waals surface area contributed by atoms with E-state index in [2.05, 4.69) is 7.05 Å². The maximum Gasteiger partial charge on any atom is 0.231 e. The van der Waals surface area contributed by atoms with E-state index in [4.69, 9.17) is 18.6 Å². The Balaban J connectivity index is 1.74. The summed E-state index contributed by atoms with van der Waals surface area (Å²) in [6, 6.07) is 3.87. The van der Waals surface area contributed by atoms with Crippen LogP contribution in [0.4, 0.5) is 0 Å². The molecule has 26 heavy (non-hydrogen) atoms. The molecule has 0 radical (unpaired) electrons. The van der Waals surface area contributed by atoms with Crippen molar-refractivity contribution in [2.24, 2.45) is 0 Å². The predicted octanol–water partition coefficient (Wildman–Crippen LogP) is 2.02. The lowest BCUT2D eigenvalue weighted by Gasteiger charge is -2.32. The van der Waals surface area contributed by atoms with E-state index < -0.39 is 0 Å². The minimum Gasteiger partial charge on any atom is -0.492 e. The lowest BCUT2D eigenvalue weighted by Crippen LogP contribution is -3.10. The Kier molecular flexibility index (Phi) is 4.15. The molecule has 2 atom stereocenters. The number of Topliss-reactive ketones (excluding diaryl/α,β-unsaturated/α-hetero) is 1. The molecule has 1 aromatic heterocycles. The van der Waals surface area contributed by atoms with Gasteiger partial charge < -0.3 is 23.5 Å². The standard InChI is InChI=1S/C20H23NO5/c1-11-7-14(12(2)26-11)16(22)9-15-18-13(5-6-21(15)3)8-17-19(20(18)23-4)25-10-24-17/h7-8,15H,5-6,9-10H2,1-4H3/p+1/t15-/m1/s1. The van der Waals surface area contributed by atoms with Gasteiger partial charge in [0.15, 0.2) is 17.3 Å². The fourth-order valence-corrected chi connectivity index (χ4v) is 4.10. The number of hydrogen-bond acceptors (Lipinski definition) is 5. The van der Waals surface area contributed by atoms with Gasteiger partial charge in [-0.05, 0) is 31.5 Å². The van der Waals surface area contributed by atoms with E-state index in [9.17, 15) is 4.79 Å². The summed E-state index contributed by atoms with van der Waals surface area (Å²) in [7, 11) is 3.77. The number of hydrogen-bond donors (Lipinski definition) is 1. The molecule has 6 nitrogen and oxygen atoms in total. The number of carbonyl (C=O) groups excluding carboxylic acids is 1. The van der Waals surface area contributed by atoms with Crippen molar-refractivity contribution in [3.63, 3.8) is 0 Å². The number of ketones is 1. The maximum atomic E-state index is 13.0. The molecule has 0 fully saturated rings. The summed E-state index contributed by atoms with van der Waals surface area (Å²) in [6.07, 6.45) is 1.32. The van der Waals surface area contributed by atoms with Crippen LogP contribution in [-0.4, -0.2) is 33.3 Å². The molecule has 2 aliphatic rings. The van der Waals surface area contributed by atoms with Crippen molar-refractivity contribution in [1.29, 1.82) is 0 Å². The highest BCUT2D eigenvalue weighted by Gasteiger charge is 2.38. The van der Waals surface area contributed by atoms with Crippen molar-refractivity contribution in [3.05, 3.63) is 40.3 Å². The number of benzene rings is 1. The highest BCUT2D eigenvalue weighted by molar-refractivity contribution is 5.97. The topological polar surface area (TPSA) is 62.3 Å². The Bertz CT molecular complexity index is 870. The quantitative estimate of drug-likeness (QED) is 0.848. The number of methoxy groups -OCH3 is 1. The van der Waals surface area contributed by atoms with Gasteiger partial charge in [0.1, 0.15) is 17.6 Å². The van der Waals surface area contributed by atoms with Gasteiger partial charge in [0.05, 0.1) is 38.2 Å². The van der Waals surface area contributed by atoms with Gasteiger partial charge in [0.2, 0.25) is 12.5 Å². The van der Waals surface area contributed by atoms with Crippen molar-refractivity contribution in [2.75, 3.05) is 27.5 Å². The number of quaternary nitrogens is 1. The first-order valence-corrected chi connectivity index (χ1v) is 8.91. The summed E-state index contributed by atoms with van der Waals surface area (Å²) >= 11 is 0. The molecule has 0 spiro atoms. The number of rotatable bonds is 4. The number of carbonyl (C=O) groups is 1. The summed E-state index contributed by atoms with van der Waals surface area (Å²) in [5.74, 6) is 3.61. The second-order valence-electron chi connectivity index (χ2n) is 7.07. The van der Waals surface area contributed by atoms with Crippen LogP contribution in [0.2, 0.25) is 0 Å². The Morgan fingerprint density at radius 2 is 2.12 bits per heavy atom. The molecule has 0 amide bonds. The smallest absolute Gasteiger partial charge is 0.231 e. The van der Waals surface area contributed by atoms with Crippen molar-refractivity contribution in [1.82, 2.24) is 0 Å². The SMILES string of the molecule is COc1c2c(cc3c1[C@@H](CC(=O)c1cc(C)oc1C)[NH+](C)CC3)OCO2. The predicted molar refractivity (Wildman–Crippen MR) is 94.4 cm³/mol. The molecule has 0 bridgehead atoms. The summed E-state index contributed by atoms with van der Waals surface area (Å²) in [5, 5.41) is 0. The minimum absolute atomic E-state index is 0.00491. The third-order valence-electron chi connectivity index (χ3n) is 5.41. The van der Waals surface area contributed by atoms with Crippen LogP contribution in [0.25, 0.3) is 0 Å². The van der Waals surface area contributed by atoms with Gasteiger partial charge in [-0.2, -0.15) is 0 Å². The fourth-order valence-electron chi connectivity index (χ4n) is 4.10. The third kappa shape index (κ3) is 2.65. The zero-order chi connectivity index (χ0) is 18.4. The van der Waals surface area contributed by atoms with Gasteiger partial charge in [0.25, 0.3) is 0 Å². The molecular formula is C20H24NO5+. The number of ether oxygens (including phenoxy) is 3. The third-order valence-corrected chi connectivity index (χ3v) is 5.41. The minimum atomic E-state index is 0.00491. The van der Waals surface area contributed by atoms with E-state index in [1.807, 2.05) is 26.0 Å². The highest BCUT2D eigenvalue weighted by atomic mass is 16.7. The van der Waals surface area contributed by atoms with Crippen LogP contribution in [0.15, 0.2) is 16.5 Å². The Hall–Kier alpha value is -2.47. The van der Waals surface area contributed by atoms with Gasteiger partial charge in [-0.3, -0.25) is 4.79 Å². The van der Waals surface area contributed by atoms with Crippen molar-refractivity contribution >= 4 is 5.78 Å². The normalized spacial score (nSPS) is 20.8. The van der Waals surface area contributed by atoms with Gasteiger partial charge in [-0.25, -0.2) is 0 Å². The van der Waals surface area contributed by atoms with Crippen LogP contribution >= 0.6 is 0 Å². The summed E-state index contributed by atoms with van der Waals surface area (Å²) in [4.78, 5) is 14.3. The molecular weight excluding hydrogens is 334 g/mol. The van der Waals surface area contributed by atoms with Crippen LogP contribution in [0.5, 0.6) is 17.2 Å². The van der Waals surface area contributed by atoms with Crippen molar-refractivity contribution < 1.29 is 28.3 Å². The van der Waals surface area contributed by atoms with Crippen LogP contribution in [0.1, 0.15) is 45.5 Å². The molecule has 2 aliphatic heterocycles. The van der Waals surface area contributed by atoms with Crippen LogP contribution in [0, 0.1) is 13.8 Å². The molecule has 138 valence electrons. The number of nitrogens with one attached hydrogen (secondary N) is 1. The van der Waals surface area contributed by atoms with Gasteiger partial charge >= 0.3 is 0 Å². The largest absolute Gasteiger partial charge is 0.492 e. The average Bonchev–Trinajstić information content (AvgIpc) is 3.21. The van der Waals surface area contributed by atoms with Gasteiger partial charge in [-0.1, -0.05) is 0 Å². The zero-order valence-electron chi connectivity index (χ0n) is 15.6. The number of aryl methyl sites for hydroxylation is 2. The van der Waals surface area contributed by atoms with Crippen molar-refractivity contribution in [3.8, 4) is 17.2 Å². The Morgan fingerprint density at radius 1 is 1.31 bits per heavy atom. The summed E-state index contributed by atoms with van der Waals surface area (Å²) in [5.41, 5.74) is 2.91. The fraction of sp³-hybridized carbons (Fsp3) is 0.450. The molecule has 4 rings (SSSR count). The zero-order valence-corrected chi connectivity index (χ0v) is 15.6. The summed E-state index contributed by atoms with van der Waals surface area (Å²) < 4.78 is 22.4. The van der Waals surface area contributed by atoms with E-state index >= 15 is 0 Å². The van der Waals surface area contributed by atoms with E-state index in [1.165, 1.54) is 10.5 Å². The van der Waals surface area contributed by atoms with Gasteiger partial charge in [-0.15, -0.1) is 0 Å². The molecule has 1 unspecified atom stereocenters. The molecule has 0 saturated carbocycles. The number of likely N-dealkylation sites (N-methyl/N-ethyl adjacent to an activating group) is 1. The Labute approximate surface area is 152 Å². The molecule has 1 N–H and O–H groups in total. The second kappa shape index (κ2) is 6.36. The lowest BCUT2D eigenvalue weighted by molar-refractivity contribution is -0.913. The number of fused-ring (bicyclic) bond motifs is 2. The average molecular weight is 358 g/mol. The van der Waals surface area contributed by atoms with Crippen molar-refractivity contribution in [2.45, 2.75) is 32.7 Å². The lowest BCUT2D eigenvalue weighted by atomic mass is 9.87. The van der Waals surface area contributed by atoms with E-state index in [1.54, 1.807) is 7.11 Å². The van der Waals surface area contributed by atoms with Crippen LogP contribution in [0.3, 0.4) is 0 Å². The first-order chi connectivity index (χ1) is 12.5. The van der Waals surface area contributed by atoms with E-state index in [0.29, 0.717) is 29.2 Å². The molecule has 0 saturated heterocycles. The monoisotopic (exact) mass is 358 g/mol. The molecule has 3 heterocycles. The van der Waals surface area contributed by atoms with Crippen LogP contribution in [-0.2, 0) is 6.42 Å². The van der Waals surface area contributed by atoms with Crippen LogP contribution < -0.4 is 19.1 Å². The van der Waals surface area contributed by atoms with Gasteiger partial charge in [0, 0.05) is 6.42 Å². The van der Waals surface area contributed by atoms with E-state index in [-0.39, 0.29) is 18.6 Å². The first kappa shape index (κ1) is 17.0. The first-order valence-electron chi connectivity index (χ1n) is 8.91. The maximum absolute atomic E-state index is 13.0. The molecule has 1 aromatic carbocycles.